The summed E-state index contributed by atoms with van der Waals surface area (Å²) in [7, 11) is 0. The standard InChI is InChI=1S/C10H20N2O2.ClH/c1-2-6-14-8-10(13)12-9-4-3-5-11-7-9;/h9,11H,2-8H2,1H3,(H,12,13);1H/t9-;/m0./s1. The molecular formula is C10H21ClN2O2. The first-order chi connectivity index (χ1) is 6.83. The van der Waals surface area contributed by atoms with Gasteiger partial charge in [-0.05, 0) is 25.8 Å². The number of amides is 1. The largest absolute Gasteiger partial charge is 0.372 e. The number of piperidine rings is 1. The maximum atomic E-state index is 11.3. The molecule has 1 amide bonds. The number of nitrogens with one attached hydrogen (secondary N) is 2. The molecule has 1 atom stereocenters. The first-order valence-corrected chi connectivity index (χ1v) is 5.40. The molecule has 1 aliphatic rings. The van der Waals surface area contributed by atoms with Crippen LogP contribution in [0.1, 0.15) is 26.2 Å². The first-order valence-electron chi connectivity index (χ1n) is 5.40. The van der Waals surface area contributed by atoms with Crippen LogP contribution in [0.4, 0.5) is 0 Å². The Morgan fingerprint density at radius 1 is 1.60 bits per heavy atom. The molecule has 0 bridgehead atoms. The van der Waals surface area contributed by atoms with Crippen molar-refractivity contribution in [1.29, 1.82) is 0 Å². The second-order valence-electron chi connectivity index (χ2n) is 3.66. The summed E-state index contributed by atoms with van der Waals surface area (Å²) in [5, 5.41) is 6.20. The van der Waals surface area contributed by atoms with Crippen LogP contribution in [0.2, 0.25) is 0 Å². The van der Waals surface area contributed by atoms with Gasteiger partial charge in [0.05, 0.1) is 0 Å². The van der Waals surface area contributed by atoms with Crippen molar-refractivity contribution in [2.24, 2.45) is 0 Å². The van der Waals surface area contributed by atoms with Gasteiger partial charge in [-0.3, -0.25) is 4.79 Å². The SMILES string of the molecule is CCCOCC(=O)N[C@H]1CCCNC1.Cl. The maximum absolute atomic E-state index is 11.3. The molecule has 0 aliphatic carbocycles. The van der Waals surface area contributed by atoms with Gasteiger partial charge in [-0.1, -0.05) is 6.92 Å². The zero-order chi connectivity index (χ0) is 10.2. The van der Waals surface area contributed by atoms with Gasteiger partial charge in [-0.2, -0.15) is 0 Å². The van der Waals surface area contributed by atoms with E-state index in [-0.39, 0.29) is 24.9 Å². The number of rotatable bonds is 5. The molecule has 0 aromatic carbocycles. The Balaban J connectivity index is 0.00000196. The van der Waals surface area contributed by atoms with Crippen LogP contribution >= 0.6 is 12.4 Å². The van der Waals surface area contributed by atoms with Gasteiger partial charge in [0.15, 0.2) is 0 Å². The lowest BCUT2D eigenvalue weighted by Gasteiger charge is -2.23. The Morgan fingerprint density at radius 3 is 3.00 bits per heavy atom. The maximum Gasteiger partial charge on any atom is 0.246 e. The molecule has 1 rings (SSSR count). The van der Waals surface area contributed by atoms with E-state index in [1.807, 2.05) is 6.92 Å². The highest BCUT2D eigenvalue weighted by Crippen LogP contribution is 2.00. The zero-order valence-corrected chi connectivity index (χ0v) is 10.1. The topological polar surface area (TPSA) is 50.4 Å². The molecule has 90 valence electrons. The van der Waals surface area contributed by atoms with Gasteiger partial charge in [0, 0.05) is 19.2 Å². The highest BCUT2D eigenvalue weighted by atomic mass is 35.5. The molecule has 0 saturated carbocycles. The van der Waals surface area contributed by atoms with Crippen molar-refractivity contribution >= 4 is 18.3 Å². The summed E-state index contributed by atoms with van der Waals surface area (Å²) in [6, 6.07) is 0.293. The van der Waals surface area contributed by atoms with Crippen LogP contribution in [0, 0.1) is 0 Å². The normalized spacial score (nSPS) is 20.5. The highest BCUT2D eigenvalue weighted by Gasteiger charge is 2.14. The Kier molecular flexibility index (Phi) is 8.76. The number of ether oxygens (including phenoxy) is 1. The second-order valence-corrected chi connectivity index (χ2v) is 3.66. The highest BCUT2D eigenvalue weighted by molar-refractivity contribution is 5.85. The van der Waals surface area contributed by atoms with Crippen molar-refractivity contribution in [1.82, 2.24) is 10.6 Å². The minimum Gasteiger partial charge on any atom is -0.372 e. The van der Waals surface area contributed by atoms with Crippen molar-refractivity contribution in [3.63, 3.8) is 0 Å². The summed E-state index contributed by atoms with van der Waals surface area (Å²) >= 11 is 0. The van der Waals surface area contributed by atoms with Crippen molar-refractivity contribution in [2.75, 3.05) is 26.3 Å². The third-order valence-corrected chi connectivity index (χ3v) is 2.24. The molecule has 1 saturated heterocycles. The summed E-state index contributed by atoms with van der Waals surface area (Å²) in [5.74, 6) is 0.00662. The van der Waals surface area contributed by atoms with Gasteiger partial charge in [-0.15, -0.1) is 12.4 Å². The van der Waals surface area contributed by atoms with Gasteiger partial charge >= 0.3 is 0 Å². The minimum atomic E-state index is 0. The van der Waals surface area contributed by atoms with E-state index in [1.165, 1.54) is 0 Å². The lowest BCUT2D eigenvalue weighted by molar-refractivity contribution is -0.126. The number of hydrogen-bond acceptors (Lipinski definition) is 3. The number of carbonyl (C=O) groups is 1. The van der Waals surface area contributed by atoms with E-state index in [0.717, 1.165) is 32.4 Å². The van der Waals surface area contributed by atoms with Crippen LogP contribution in [0.3, 0.4) is 0 Å². The molecule has 0 radical (unpaired) electrons. The fourth-order valence-electron chi connectivity index (χ4n) is 1.55. The lowest BCUT2D eigenvalue weighted by atomic mass is 10.1. The Hall–Kier alpha value is -0.320. The smallest absolute Gasteiger partial charge is 0.246 e. The van der Waals surface area contributed by atoms with Crippen LogP contribution in [-0.2, 0) is 9.53 Å². The fraction of sp³-hybridized carbons (Fsp3) is 0.900. The molecule has 0 aromatic heterocycles. The van der Waals surface area contributed by atoms with Crippen LogP contribution in [0.15, 0.2) is 0 Å². The van der Waals surface area contributed by atoms with Gasteiger partial charge in [0.1, 0.15) is 6.61 Å². The predicted octanol–water partition coefficient (Wildman–Crippen LogP) is 0.703. The molecule has 1 heterocycles. The summed E-state index contributed by atoms with van der Waals surface area (Å²) in [5.41, 5.74) is 0. The molecule has 1 aliphatic heterocycles. The van der Waals surface area contributed by atoms with Gasteiger partial charge in [0.2, 0.25) is 5.91 Å². The molecular weight excluding hydrogens is 216 g/mol. The average Bonchev–Trinajstić information content (AvgIpc) is 2.20. The molecule has 0 spiro atoms. The average molecular weight is 237 g/mol. The third kappa shape index (κ3) is 6.71. The van der Waals surface area contributed by atoms with Gasteiger partial charge in [-0.25, -0.2) is 0 Å². The van der Waals surface area contributed by atoms with E-state index in [1.54, 1.807) is 0 Å². The molecule has 5 heteroatoms. The Morgan fingerprint density at radius 2 is 2.40 bits per heavy atom. The first kappa shape index (κ1) is 14.7. The lowest BCUT2D eigenvalue weighted by Crippen LogP contribution is -2.46. The van der Waals surface area contributed by atoms with E-state index in [2.05, 4.69) is 10.6 Å². The van der Waals surface area contributed by atoms with E-state index in [4.69, 9.17) is 4.74 Å². The molecule has 2 N–H and O–H groups in total. The van der Waals surface area contributed by atoms with E-state index in [9.17, 15) is 4.79 Å². The quantitative estimate of drug-likeness (QED) is 0.691. The molecule has 1 fully saturated rings. The summed E-state index contributed by atoms with van der Waals surface area (Å²) in [6.07, 6.45) is 3.17. The Bertz CT molecular complexity index is 173. The van der Waals surface area contributed by atoms with Crippen LogP contribution < -0.4 is 10.6 Å². The molecule has 0 unspecified atom stereocenters. The van der Waals surface area contributed by atoms with Crippen LogP contribution in [0.5, 0.6) is 0 Å². The molecule has 4 nitrogen and oxygen atoms in total. The predicted molar refractivity (Wildman–Crippen MR) is 62.4 cm³/mol. The van der Waals surface area contributed by atoms with Crippen molar-refractivity contribution < 1.29 is 9.53 Å². The summed E-state index contributed by atoms with van der Waals surface area (Å²) in [4.78, 5) is 11.3. The monoisotopic (exact) mass is 236 g/mol. The van der Waals surface area contributed by atoms with Crippen LogP contribution in [0.25, 0.3) is 0 Å². The van der Waals surface area contributed by atoms with E-state index >= 15 is 0 Å². The van der Waals surface area contributed by atoms with Crippen molar-refractivity contribution in [3.05, 3.63) is 0 Å². The van der Waals surface area contributed by atoms with Crippen molar-refractivity contribution in [3.8, 4) is 0 Å². The summed E-state index contributed by atoms with van der Waals surface area (Å²) < 4.78 is 5.15. The number of hydrogen-bond donors (Lipinski definition) is 2. The third-order valence-electron chi connectivity index (χ3n) is 2.24. The number of carbonyl (C=O) groups excluding carboxylic acids is 1. The zero-order valence-electron chi connectivity index (χ0n) is 9.25. The minimum absolute atomic E-state index is 0. The molecule has 15 heavy (non-hydrogen) atoms. The number of halogens is 1. The van der Waals surface area contributed by atoms with Crippen LogP contribution in [-0.4, -0.2) is 38.3 Å². The molecule has 0 aromatic rings. The van der Waals surface area contributed by atoms with Crippen molar-refractivity contribution in [2.45, 2.75) is 32.2 Å². The van der Waals surface area contributed by atoms with Gasteiger partial charge < -0.3 is 15.4 Å². The van der Waals surface area contributed by atoms with E-state index in [0.29, 0.717) is 12.6 Å². The second kappa shape index (κ2) is 8.95. The summed E-state index contributed by atoms with van der Waals surface area (Å²) in [6.45, 7) is 4.85. The fourth-order valence-corrected chi connectivity index (χ4v) is 1.55. The van der Waals surface area contributed by atoms with Gasteiger partial charge in [0.25, 0.3) is 0 Å². The Labute approximate surface area is 97.5 Å². The van der Waals surface area contributed by atoms with E-state index < -0.39 is 0 Å².